The van der Waals surface area contributed by atoms with E-state index in [9.17, 15) is 24.8 Å². The molecule has 2 aromatic rings. The number of rotatable bonds is 17. The van der Waals surface area contributed by atoms with E-state index in [1.165, 1.54) is 43.4 Å². The first-order chi connectivity index (χ1) is 18.7. The van der Waals surface area contributed by atoms with Crippen LogP contribution in [0.4, 0.5) is 5.82 Å². The second-order valence-corrected chi connectivity index (χ2v) is 10.9. The van der Waals surface area contributed by atoms with Crippen LogP contribution in [0.3, 0.4) is 0 Å². The van der Waals surface area contributed by atoms with Gasteiger partial charge in [0.1, 0.15) is 36.3 Å². The van der Waals surface area contributed by atoms with Crippen LogP contribution in [-0.2, 0) is 28.7 Å². The van der Waals surface area contributed by atoms with E-state index >= 15 is 0 Å². The maximum Gasteiger partial charge on any atom is 0.472 e. The number of nitrogens with zero attached hydrogens (tertiary/aromatic N) is 4. The number of aliphatic imine (C=N–C) groups is 1. The summed E-state index contributed by atoms with van der Waals surface area (Å²) >= 11 is 0. The Kier molecular flexibility index (Phi) is 11.8. The van der Waals surface area contributed by atoms with Gasteiger partial charge in [0.25, 0.3) is 0 Å². The molecule has 0 radical (unpaired) electrons. The van der Waals surface area contributed by atoms with Crippen LogP contribution < -0.4 is 5.73 Å². The second kappa shape index (κ2) is 14.6. The maximum absolute atomic E-state index is 12.5. The number of nitrogen functional groups attached to an aromatic ring is 1. The third kappa shape index (κ3) is 7.81. The minimum Gasteiger partial charge on any atom is -0.394 e. The highest BCUT2D eigenvalue weighted by molar-refractivity contribution is 7.47. The zero-order valence-electron chi connectivity index (χ0n) is 22.3. The number of aliphatic hydroxyl groups is 3. The fourth-order valence-electron chi connectivity index (χ4n) is 4.47. The van der Waals surface area contributed by atoms with Crippen LogP contribution in [0.25, 0.3) is 5.52 Å². The molecule has 39 heavy (non-hydrogen) atoms. The summed E-state index contributed by atoms with van der Waals surface area (Å²) in [5.41, 5.74) is 5.00. The van der Waals surface area contributed by atoms with Crippen molar-refractivity contribution in [1.29, 1.82) is 0 Å². The number of phosphoric acid groups is 1. The molecule has 0 bridgehead atoms. The van der Waals surface area contributed by atoms with E-state index in [-0.39, 0.29) is 12.4 Å². The zero-order chi connectivity index (χ0) is 28.5. The number of hydrogen-bond donors (Lipinski definition) is 5. The first-order valence-corrected chi connectivity index (χ1v) is 14.6. The Balaban J connectivity index is 1.57. The summed E-state index contributed by atoms with van der Waals surface area (Å²) in [5.74, 6) is 0.197. The lowest BCUT2D eigenvalue weighted by atomic mass is 9.92. The van der Waals surface area contributed by atoms with Crippen LogP contribution in [0.15, 0.2) is 23.5 Å². The third-order valence-corrected chi connectivity index (χ3v) is 7.52. The predicted molar refractivity (Wildman–Crippen MR) is 142 cm³/mol. The van der Waals surface area contributed by atoms with Crippen LogP contribution in [0.1, 0.15) is 51.1 Å². The van der Waals surface area contributed by atoms with Gasteiger partial charge in [-0.25, -0.2) is 14.1 Å². The molecule has 0 aromatic carbocycles. The summed E-state index contributed by atoms with van der Waals surface area (Å²) in [4.78, 5) is 18.1. The normalized spacial score (nSPS) is 25.9. The molecule has 6 N–H and O–H groups in total. The summed E-state index contributed by atoms with van der Waals surface area (Å²) in [6, 6.07) is 3.23. The van der Waals surface area contributed by atoms with E-state index in [2.05, 4.69) is 22.0 Å². The average Bonchev–Trinajstić information content (AvgIpc) is 3.46. The van der Waals surface area contributed by atoms with Crippen molar-refractivity contribution >= 4 is 25.4 Å². The molecule has 1 saturated heterocycles. The van der Waals surface area contributed by atoms with Crippen molar-refractivity contribution in [3.8, 4) is 0 Å². The minimum absolute atomic E-state index is 0.197. The molecule has 220 valence electrons. The highest BCUT2D eigenvalue weighted by Gasteiger charge is 2.56. The molecule has 6 atom stereocenters. The van der Waals surface area contributed by atoms with Crippen LogP contribution in [0.2, 0.25) is 0 Å². The number of nitrogens with two attached hydrogens (primary N) is 1. The van der Waals surface area contributed by atoms with E-state index in [0.29, 0.717) is 17.8 Å². The van der Waals surface area contributed by atoms with Crippen molar-refractivity contribution < 1.29 is 43.3 Å². The Labute approximate surface area is 227 Å². The van der Waals surface area contributed by atoms with Crippen molar-refractivity contribution in [2.24, 2.45) is 4.99 Å². The van der Waals surface area contributed by atoms with Gasteiger partial charge >= 0.3 is 7.82 Å². The molecule has 0 aliphatic carbocycles. The lowest BCUT2D eigenvalue weighted by Gasteiger charge is -2.27. The Hall–Kier alpha value is -2.00. The topological polar surface area (TPSA) is 203 Å². The number of anilines is 1. The largest absolute Gasteiger partial charge is 0.472 e. The Morgan fingerprint density at radius 2 is 2.00 bits per heavy atom. The lowest BCUT2D eigenvalue weighted by Crippen LogP contribution is -2.43. The first kappa shape index (κ1) is 31.5. The summed E-state index contributed by atoms with van der Waals surface area (Å²) in [7, 11) is -3.15. The van der Waals surface area contributed by atoms with Gasteiger partial charge in [-0.2, -0.15) is 5.10 Å². The molecule has 0 amide bonds. The fraction of sp³-hybridized carbons (Fsp3) is 0.708. The van der Waals surface area contributed by atoms with Gasteiger partial charge in [-0.1, -0.05) is 39.0 Å². The molecule has 1 fully saturated rings. The summed E-state index contributed by atoms with van der Waals surface area (Å²) in [6.45, 7) is 1.18. The molecule has 1 aliphatic rings. The second-order valence-electron chi connectivity index (χ2n) is 9.44. The van der Waals surface area contributed by atoms with E-state index in [4.69, 9.17) is 24.3 Å². The van der Waals surface area contributed by atoms with Crippen molar-refractivity contribution in [2.45, 2.75) is 75.5 Å². The van der Waals surface area contributed by atoms with Gasteiger partial charge in [0.15, 0.2) is 11.4 Å². The van der Waals surface area contributed by atoms with Gasteiger partial charge in [0, 0.05) is 19.9 Å². The molecule has 3 rings (SSSR count). The molecule has 0 spiro atoms. The quantitative estimate of drug-likeness (QED) is 0.103. The summed E-state index contributed by atoms with van der Waals surface area (Å²) < 4.78 is 35.5. The van der Waals surface area contributed by atoms with Gasteiger partial charge in [-0.05, 0) is 18.6 Å². The predicted octanol–water partition coefficient (Wildman–Crippen LogP) is 1.20. The minimum atomic E-state index is -4.62. The number of ether oxygens (including phenoxy) is 2. The van der Waals surface area contributed by atoms with Crippen LogP contribution >= 0.6 is 7.82 Å². The van der Waals surface area contributed by atoms with Crippen LogP contribution in [-0.4, -0.2) is 98.9 Å². The van der Waals surface area contributed by atoms with Gasteiger partial charge < -0.3 is 35.4 Å². The lowest BCUT2D eigenvalue weighted by molar-refractivity contribution is -0.0571. The molecular weight excluding hydrogens is 533 g/mol. The van der Waals surface area contributed by atoms with E-state index in [0.717, 1.165) is 19.3 Å². The molecule has 15 heteroatoms. The standard InChI is InChI=1S/C24H40N5O9P/c1-3-4-5-6-7-8-11-35-17(12-30)13-36-39(33,34)37-14-19-21(31)22(32)24(38-19,15-26-2)20-10-9-18-23(25)27-16-28-29(18)20/h9-10,15-17,19,21-22,30-32H,3-8,11-14H2,1-2H3,(H,33,34)(H2,25,27,28)/t17-,19-,21?,22?,24+/m1/s1. The SMILES string of the molecule is CCCCCCCCO[C@H](CO)COP(=O)(O)OC[C@H]1O[C@@](C=NC)(c2ccc3c(N)ncnn23)C(O)C1O. The number of aromatic nitrogens is 3. The van der Waals surface area contributed by atoms with Crippen molar-refractivity contribution in [2.75, 3.05) is 39.2 Å². The molecule has 14 nitrogen and oxygen atoms in total. The van der Waals surface area contributed by atoms with Crippen molar-refractivity contribution in [3.63, 3.8) is 0 Å². The van der Waals surface area contributed by atoms with Crippen LogP contribution in [0, 0.1) is 0 Å². The number of aliphatic hydroxyl groups excluding tert-OH is 3. The Morgan fingerprint density at radius 1 is 1.26 bits per heavy atom. The Morgan fingerprint density at radius 3 is 2.72 bits per heavy atom. The molecule has 2 aromatic heterocycles. The first-order valence-electron chi connectivity index (χ1n) is 13.1. The van der Waals surface area contributed by atoms with Gasteiger partial charge in [0.05, 0.1) is 25.5 Å². The highest BCUT2D eigenvalue weighted by Crippen LogP contribution is 2.46. The monoisotopic (exact) mass is 573 g/mol. The van der Waals surface area contributed by atoms with E-state index < -0.39 is 51.1 Å². The number of fused-ring (bicyclic) bond motifs is 1. The van der Waals surface area contributed by atoms with Crippen LogP contribution in [0.5, 0.6) is 0 Å². The van der Waals surface area contributed by atoms with Crippen molar-refractivity contribution in [3.05, 3.63) is 24.2 Å². The smallest absolute Gasteiger partial charge is 0.394 e. The number of unbranched alkanes of at least 4 members (excludes halogenated alkanes) is 5. The van der Waals surface area contributed by atoms with Crippen molar-refractivity contribution in [1.82, 2.24) is 14.6 Å². The average molecular weight is 574 g/mol. The number of phosphoric ester groups is 1. The summed E-state index contributed by atoms with van der Waals surface area (Å²) in [6.07, 6.45) is 3.91. The van der Waals surface area contributed by atoms with Gasteiger partial charge in [-0.3, -0.25) is 14.0 Å². The summed E-state index contributed by atoms with van der Waals surface area (Å²) in [5, 5.41) is 35.4. The zero-order valence-corrected chi connectivity index (χ0v) is 23.2. The molecule has 3 unspecified atom stereocenters. The Bertz CT molecular complexity index is 1120. The van der Waals surface area contributed by atoms with E-state index in [1.54, 1.807) is 12.1 Å². The molecular formula is C24H40N5O9P. The maximum atomic E-state index is 12.5. The molecule has 3 heterocycles. The fourth-order valence-corrected chi connectivity index (χ4v) is 5.24. The van der Waals surface area contributed by atoms with Gasteiger partial charge in [0.2, 0.25) is 0 Å². The highest BCUT2D eigenvalue weighted by atomic mass is 31.2. The van der Waals surface area contributed by atoms with Gasteiger partial charge in [-0.15, -0.1) is 0 Å². The molecule has 0 saturated carbocycles. The number of hydrogen-bond acceptors (Lipinski definition) is 12. The third-order valence-electron chi connectivity index (χ3n) is 6.57. The van der Waals surface area contributed by atoms with E-state index in [1.807, 2.05) is 0 Å². The molecule has 1 aliphatic heterocycles.